The van der Waals surface area contributed by atoms with Crippen LogP contribution in [0.25, 0.3) is 16.5 Å². The van der Waals surface area contributed by atoms with Crippen LogP contribution in [0.5, 0.6) is 11.5 Å². The second-order valence-corrected chi connectivity index (χ2v) is 7.32. The molecule has 1 aliphatic rings. The van der Waals surface area contributed by atoms with Crippen LogP contribution in [0.1, 0.15) is 10.4 Å². The van der Waals surface area contributed by atoms with E-state index in [2.05, 4.69) is 22.5 Å². The lowest BCUT2D eigenvalue weighted by atomic mass is 10.2. The molecule has 27 heavy (non-hydrogen) atoms. The van der Waals surface area contributed by atoms with Crippen LogP contribution in [0, 0.1) is 0 Å². The third-order valence-electron chi connectivity index (χ3n) is 4.15. The molecule has 1 aliphatic heterocycles. The molecule has 7 heteroatoms. The van der Waals surface area contributed by atoms with Crippen LogP contribution in [-0.2, 0) is 18.3 Å². The highest BCUT2D eigenvalue weighted by Gasteiger charge is 2.12. The zero-order valence-electron chi connectivity index (χ0n) is 14.8. The smallest absolute Gasteiger partial charge is 0.244 e. The van der Waals surface area contributed by atoms with E-state index < -0.39 is 0 Å². The molecule has 1 N–H and O–H groups in total. The first kappa shape index (κ1) is 17.4. The minimum absolute atomic E-state index is 0.114. The fourth-order valence-electron chi connectivity index (χ4n) is 2.77. The number of rotatable bonds is 6. The summed E-state index contributed by atoms with van der Waals surface area (Å²) in [6, 6.07) is 9.79. The summed E-state index contributed by atoms with van der Waals surface area (Å²) in [4.78, 5) is 14.4. The van der Waals surface area contributed by atoms with Crippen LogP contribution in [0.2, 0.25) is 0 Å². The molecule has 4 rings (SSSR count). The van der Waals surface area contributed by atoms with Gasteiger partial charge in [0, 0.05) is 41.2 Å². The van der Waals surface area contributed by atoms with Gasteiger partial charge >= 0.3 is 0 Å². The number of benzene rings is 1. The number of nitrogens with one attached hydrogen (secondary N) is 1. The molecule has 3 heterocycles. The van der Waals surface area contributed by atoms with Gasteiger partial charge in [0.05, 0.1) is 6.20 Å². The molecule has 2 aromatic heterocycles. The van der Waals surface area contributed by atoms with Crippen molar-refractivity contribution < 1.29 is 14.3 Å². The highest BCUT2D eigenvalue weighted by molar-refractivity contribution is 7.15. The summed E-state index contributed by atoms with van der Waals surface area (Å²) < 4.78 is 12.4. The van der Waals surface area contributed by atoms with E-state index in [-0.39, 0.29) is 12.7 Å². The van der Waals surface area contributed by atoms with Crippen molar-refractivity contribution in [3.63, 3.8) is 0 Å². The van der Waals surface area contributed by atoms with Crippen molar-refractivity contribution >= 4 is 23.3 Å². The number of amides is 1. The number of nitrogens with zero attached hydrogens (tertiary/aromatic N) is 2. The van der Waals surface area contributed by atoms with Gasteiger partial charge in [-0.25, -0.2) is 0 Å². The maximum atomic E-state index is 12.0. The Labute approximate surface area is 161 Å². The monoisotopic (exact) mass is 381 g/mol. The van der Waals surface area contributed by atoms with E-state index in [1.807, 2.05) is 37.6 Å². The van der Waals surface area contributed by atoms with E-state index in [9.17, 15) is 4.79 Å². The van der Waals surface area contributed by atoms with Gasteiger partial charge in [-0.3, -0.25) is 9.48 Å². The minimum Gasteiger partial charge on any atom is -0.454 e. The fraction of sp³-hybridized carbons (Fsp3) is 0.200. The predicted molar refractivity (Wildman–Crippen MR) is 105 cm³/mol. The summed E-state index contributed by atoms with van der Waals surface area (Å²) in [5.74, 6) is 1.33. The Morgan fingerprint density at radius 2 is 2.19 bits per heavy atom. The van der Waals surface area contributed by atoms with Crippen molar-refractivity contribution in [2.24, 2.45) is 7.05 Å². The quantitative estimate of drug-likeness (QED) is 0.666. The molecule has 0 saturated heterocycles. The second kappa shape index (κ2) is 7.67. The average molecular weight is 381 g/mol. The predicted octanol–water partition coefficient (Wildman–Crippen LogP) is 3.25. The Morgan fingerprint density at radius 3 is 3.04 bits per heavy atom. The summed E-state index contributed by atoms with van der Waals surface area (Å²) in [5, 5.41) is 7.11. The maximum absolute atomic E-state index is 12.0. The van der Waals surface area contributed by atoms with Crippen LogP contribution in [0.4, 0.5) is 0 Å². The van der Waals surface area contributed by atoms with Gasteiger partial charge in [0.1, 0.15) is 0 Å². The molecule has 138 valence electrons. The summed E-state index contributed by atoms with van der Waals surface area (Å²) in [5.41, 5.74) is 2.01. The number of thiophene rings is 1. The van der Waals surface area contributed by atoms with E-state index in [0.717, 1.165) is 23.3 Å². The van der Waals surface area contributed by atoms with Crippen molar-refractivity contribution in [3.05, 3.63) is 59.2 Å². The Kier molecular flexibility index (Phi) is 4.93. The molecule has 0 saturated carbocycles. The van der Waals surface area contributed by atoms with Crippen LogP contribution in [0.3, 0.4) is 0 Å². The van der Waals surface area contributed by atoms with E-state index in [0.29, 0.717) is 12.3 Å². The molecular formula is C20H19N3O3S. The zero-order valence-corrected chi connectivity index (χ0v) is 15.7. The van der Waals surface area contributed by atoms with Gasteiger partial charge in [0.2, 0.25) is 12.7 Å². The summed E-state index contributed by atoms with van der Waals surface area (Å²) in [6.07, 6.45) is 7.96. The lowest BCUT2D eigenvalue weighted by Crippen LogP contribution is -2.23. The lowest BCUT2D eigenvalue weighted by molar-refractivity contribution is -0.116. The second-order valence-electron chi connectivity index (χ2n) is 6.16. The fourth-order valence-corrected chi connectivity index (χ4v) is 3.75. The standard InChI is InChI=1S/C20H19N3O3S/c1-23-12-15(11-22-23)19-6-4-16(27-19)8-9-21-20(24)7-3-14-2-5-17-18(10-14)26-13-25-17/h2-7,10-12H,8-9,13H2,1H3,(H,21,24)/b7-3+. The third kappa shape index (κ3) is 4.20. The maximum Gasteiger partial charge on any atom is 0.244 e. The normalized spacial score (nSPS) is 12.6. The Balaban J connectivity index is 1.27. The van der Waals surface area contributed by atoms with E-state index in [1.165, 1.54) is 15.8 Å². The highest BCUT2D eigenvalue weighted by Crippen LogP contribution is 2.32. The average Bonchev–Trinajstić information content (AvgIpc) is 3.39. The summed E-state index contributed by atoms with van der Waals surface area (Å²) in [6.45, 7) is 0.839. The van der Waals surface area contributed by atoms with Crippen LogP contribution in [-0.4, -0.2) is 29.0 Å². The molecule has 3 aromatic rings. The van der Waals surface area contributed by atoms with Gasteiger partial charge in [0.15, 0.2) is 11.5 Å². The molecule has 0 spiro atoms. The highest BCUT2D eigenvalue weighted by atomic mass is 32.1. The number of hydrogen-bond acceptors (Lipinski definition) is 5. The Hall–Kier alpha value is -3.06. The minimum atomic E-state index is -0.114. The number of aryl methyl sites for hydroxylation is 1. The molecule has 6 nitrogen and oxygen atoms in total. The van der Waals surface area contributed by atoms with Crippen LogP contribution < -0.4 is 14.8 Å². The molecular weight excluding hydrogens is 362 g/mol. The zero-order chi connectivity index (χ0) is 18.6. The number of ether oxygens (including phenoxy) is 2. The van der Waals surface area contributed by atoms with Gasteiger partial charge in [0.25, 0.3) is 0 Å². The lowest BCUT2D eigenvalue weighted by Gasteiger charge is -2.01. The van der Waals surface area contributed by atoms with Crippen LogP contribution in [0.15, 0.2) is 48.8 Å². The van der Waals surface area contributed by atoms with E-state index in [1.54, 1.807) is 22.1 Å². The Bertz CT molecular complexity index is 990. The summed E-state index contributed by atoms with van der Waals surface area (Å²) in [7, 11) is 1.91. The van der Waals surface area contributed by atoms with E-state index in [4.69, 9.17) is 9.47 Å². The van der Waals surface area contributed by atoms with Gasteiger partial charge < -0.3 is 14.8 Å². The Morgan fingerprint density at radius 1 is 1.30 bits per heavy atom. The number of fused-ring (bicyclic) bond motifs is 1. The third-order valence-corrected chi connectivity index (χ3v) is 5.34. The molecule has 0 radical (unpaired) electrons. The number of aromatic nitrogens is 2. The van der Waals surface area contributed by atoms with Crippen molar-refractivity contribution in [2.45, 2.75) is 6.42 Å². The SMILES string of the molecule is Cn1cc(-c2ccc(CCNC(=O)/C=C/c3ccc4c(c3)OCO4)s2)cn1. The molecule has 0 atom stereocenters. The van der Waals surface area contributed by atoms with Gasteiger partial charge in [-0.05, 0) is 42.3 Å². The first-order valence-corrected chi connectivity index (χ1v) is 9.42. The number of carbonyl (C=O) groups is 1. The van der Waals surface area contributed by atoms with E-state index >= 15 is 0 Å². The molecule has 1 amide bonds. The van der Waals surface area contributed by atoms with Crippen molar-refractivity contribution in [1.82, 2.24) is 15.1 Å². The molecule has 0 unspecified atom stereocenters. The number of hydrogen-bond donors (Lipinski definition) is 1. The van der Waals surface area contributed by atoms with Gasteiger partial charge in [-0.15, -0.1) is 11.3 Å². The molecule has 0 bridgehead atoms. The van der Waals surface area contributed by atoms with Crippen LogP contribution >= 0.6 is 11.3 Å². The van der Waals surface area contributed by atoms with Gasteiger partial charge in [-0.2, -0.15) is 5.10 Å². The number of carbonyl (C=O) groups excluding carboxylic acids is 1. The van der Waals surface area contributed by atoms with Crippen molar-refractivity contribution in [2.75, 3.05) is 13.3 Å². The first-order valence-electron chi connectivity index (χ1n) is 8.61. The first-order chi connectivity index (χ1) is 13.2. The van der Waals surface area contributed by atoms with Crippen molar-refractivity contribution in [1.29, 1.82) is 0 Å². The summed E-state index contributed by atoms with van der Waals surface area (Å²) >= 11 is 1.72. The molecule has 0 aliphatic carbocycles. The van der Waals surface area contributed by atoms with Gasteiger partial charge in [-0.1, -0.05) is 6.07 Å². The largest absolute Gasteiger partial charge is 0.454 e. The molecule has 0 fully saturated rings. The van der Waals surface area contributed by atoms with Crippen molar-refractivity contribution in [3.8, 4) is 21.9 Å². The molecule has 1 aromatic carbocycles. The topological polar surface area (TPSA) is 65.4 Å².